The van der Waals surface area contributed by atoms with Crippen LogP contribution < -0.4 is 5.32 Å². The number of fused-ring (bicyclic) bond motifs is 1. The molecule has 146 valence electrons. The molecule has 1 aromatic rings. The molecule has 1 fully saturated rings. The van der Waals surface area contributed by atoms with Crippen LogP contribution in [0.15, 0.2) is 0 Å². The quantitative estimate of drug-likeness (QED) is 0.810. The Morgan fingerprint density at radius 3 is 2.54 bits per heavy atom. The van der Waals surface area contributed by atoms with Gasteiger partial charge in [0.2, 0.25) is 10.0 Å². The Morgan fingerprint density at radius 1 is 1.15 bits per heavy atom. The molecule has 0 atom stereocenters. The molecule has 0 unspecified atom stereocenters. The maximum Gasteiger partial charge on any atom is 0.317 e. The third-order valence-corrected chi connectivity index (χ3v) is 6.46. The average Bonchev–Trinajstić information content (AvgIpc) is 2.90. The number of piperidine rings is 1. The molecule has 9 nitrogen and oxygen atoms in total. The minimum atomic E-state index is -3.13. The van der Waals surface area contributed by atoms with Gasteiger partial charge in [-0.2, -0.15) is 0 Å². The molecule has 2 amide bonds. The molecular formula is C16H28N6O3S. The molecule has 26 heavy (non-hydrogen) atoms. The summed E-state index contributed by atoms with van der Waals surface area (Å²) in [5.41, 5.74) is 0. The molecule has 0 saturated carbocycles. The SMILES string of the molecule is CCCNC(=O)N1CCc2nnc(C3CCN(S(C)(=O)=O)CC3)n2CC1. The van der Waals surface area contributed by atoms with Gasteiger partial charge < -0.3 is 14.8 Å². The summed E-state index contributed by atoms with van der Waals surface area (Å²) in [5, 5.41) is 11.7. The first-order valence-electron chi connectivity index (χ1n) is 9.30. The predicted octanol–water partition coefficient (Wildman–Crippen LogP) is 0.395. The first kappa shape index (κ1) is 19.1. The lowest BCUT2D eigenvalue weighted by Crippen LogP contribution is -2.42. The van der Waals surface area contributed by atoms with Gasteiger partial charge in [0.05, 0.1) is 6.26 Å². The van der Waals surface area contributed by atoms with Crippen LogP contribution in [-0.2, 0) is 23.0 Å². The first-order valence-corrected chi connectivity index (χ1v) is 11.1. The van der Waals surface area contributed by atoms with Crippen LogP contribution in [0.3, 0.4) is 0 Å². The third kappa shape index (κ3) is 4.17. The minimum absolute atomic E-state index is 0.0198. The number of hydrogen-bond donors (Lipinski definition) is 1. The Kier molecular flexibility index (Phi) is 5.81. The summed E-state index contributed by atoms with van der Waals surface area (Å²) in [6.07, 6.45) is 4.38. The fraction of sp³-hybridized carbons (Fsp3) is 0.812. The summed E-state index contributed by atoms with van der Waals surface area (Å²) < 4.78 is 27.0. The molecule has 2 aliphatic heterocycles. The van der Waals surface area contributed by atoms with Gasteiger partial charge in [-0.05, 0) is 19.3 Å². The molecule has 10 heteroatoms. The number of aromatic nitrogens is 3. The monoisotopic (exact) mass is 384 g/mol. The van der Waals surface area contributed by atoms with Crippen LogP contribution in [0.25, 0.3) is 0 Å². The highest BCUT2D eigenvalue weighted by Crippen LogP contribution is 2.28. The molecule has 0 spiro atoms. The van der Waals surface area contributed by atoms with Crippen molar-refractivity contribution in [3.63, 3.8) is 0 Å². The van der Waals surface area contributed by atoms with Crippen LogP contribution in [-0.4, -0.2) is 77.4 Å². The molecule has 0 aromatic carbocycles. The topological polar surface area (TPSA) is 100 Å². The molecule has 0 bridgehead atoms. The molecule has 1 N–H and O–H groups in total. The Morgan fingerprint density at radius 2 is 1.88 bits per heavy atom. The lowest BCUT2D eigenvalue weighted by molar-refractivity contribution is 0.198. The predicted molar refractivity (Wildman–Crippen MR) is 97.4 cm³/mol. The van der Waals surface area contributed by atoms with E-state index in [1.54, 1.807) is 0 Å². The van der Waals surface area contributed by atoms with E-state index >= 15 is 0 Å². The lowest BCUT2D eigenvalue weighted by atomic mass is 9.97. The average molecular weight is 385 g/mol. The number of urea groups is 1. The standard InChI is InChI=1S/C16H28N6O3S/c1-3-7-17-16(23)20-8-6-14-18-19-15(22(14)12-11-20)13-4-9-21(10-5-13)26(2,24)25/h13H,3-12H2,1-2H3,(H,17,23). The number of rotatable bonds is 4. The molecule has 2 aliphatic rings. The van der Waals surface area contributed by atoms with Crippen molar-refractivity contribution in [2.45, 2.75) is 45.1 Å². The van der Waals surface area contributed by atoms with E-state index in [9.17, 15) is 13.2 Å². The summed E-state index contributed by atoms with van der Waals surface area (Å²) in [6, 6.07) is -0.0198. The van der Waals surface area contributed by atoms with Gasteiger partial charge >= 0.3 is 6.03 Å². The van der Waals surface area contributed by atoms with E-state index in [0.29, 0.717) is 45.7 Å². The highest BCUT2D eigenvalue weighted by Gasteiger charge is 2.30. The first-order chi connectivity index (χ1) is 12.4. The van der Waals surface area contributed by atoms with Gasteiger partial charge in [-0.25, -0.2) is 17.5 Å². The number of amides is 2. The van der Waals surface area contributed by atoms with Crippen molar-refractivity contribution in [1.29, 1.82) is 0 Å². The zero-order valence-electron chi connectivity index (χ0n) is 15.5. The van der Waals surface area contributed by atoms with E-state index < -0.39 is 10.0 Å². The van der Waals surface area contributed by atoms with E-state index in [1.165, 1.54) is 10.6 Å². The fourth-order valence-electron chi connectivity index (χ4n) is 3.64. The number of hydrogen-bond acceptors (Lipinski definition) is 5. The summed E-state index contributed by atoms with van der Waals surface area (Å²) >= 11 is 0. The fourth-order valence-corrected chi connectivity index (χ4v) is 4.51. The summed E-state index contributed by atoms with van der Waals surface area (Å²) in [4.78, 5) is 14.0. The van der Waals surface area contributed by atoms with Crippen molar-refractivity contribution in [2.24, 2.45) is 0 Å². The van der Waals surface area contributed by atoms with Crippen LogP contribution in [0.2, 0.25) is 0 Å². The van der Waals surface area contributed by atoms with Crippen molar-refractivity contribution >= 4 is 16.1 Å². The van der Waals surface area contributed by atoms with Crippen LogP contribution >= 0.6 is 0 Å². The van der Waals surface area contributed by atoms with Crippen molar-refractivity contribution in [2.75, 3.05) is 39.0 Å². The smallest absolute Gasteiger partial charge is 0.317 e. The molecule has 3 heterocycles. The normalized spacial score (nSPS) is 19.8. The second-order valence-corrected chi connectivity index (χ2v) is 9.01. The summed E-state index contributed by atoms with van der Waals surface area (Å²) in [5.74, 6) is 2.06. The molecule has 1 saturated heterocycles. The van der Waals surface area contributed by atoms with Gasteiger partial charge in [-0.15, -0.1) is 10.2 Å². The van der Waals surface area contributed by atoms with Crippen LogP contribution in [0.1, 0.15) is 43.8 Å². The highest BCUT2D eigenvalue weighted by molar-refractivity contribution is 7.88. The Bertz CT molecular complexity index is 739. The van der Waals surface area contributed by atoms with Gasteiger partial charge in [0.25, 0.3) is 0 Å². The lowest BCUT2D eigenvalue weighted by Gasteiger charge is -2.30. The minimum Gasteiger partial charge on any atom is -0.338 e. The summed E-state index contributed by atoms with van der Waals surface area (Å²) in [6.45, 7) is 5.73. The van der Waals surface area contributed by atoms with Crippen molar-refractivity contribution in [1.82, 2.24) is 29.3 Å². The van der Waals surface area contributed by atoms with Gasteiger partial charge in [-0.3, -0.25) is 0 Å². The number of nitrogens with one attached hydrogen (secondary N) is 1. The second kappa shape index (κ2) is 7.91. The van der Waals surface area contributed by atoms with E-state index in [4.69, 9.17) is 0 Å². The number of carbonyl (C=O) groups excluding carboxylic acids is 1. The highest BCUT2D eigenvalue weighted by atomic mass is 32.2. The van der Waals surface area contributed by atoms with Crippen molar-refractivity contribution in [3.8, 4) is 0 Å². The maximum absolute atomic E-state index is 12.2. The third-order valence-electron chi connectivity index (χ3n) is 5.16. The zero-order chi connectivity index (χ0) is 18.7. The zero-order valence-corrected chi connectivity index (χ0v) is 16.3. The van der Waals surface area contributed by atoms with Gasteiger partial charge in [0, 0.05) is 51.6 Å². The van der Waals surface area contributed by atoms with Crippen molar-refractivity contribution < 1.29 is 13.2 Å². The van der Waals surface area contributed by atoms with E-state index in [-0.39, 0.29) is 11.9 Å². The van der Waals surface area contributed by atoms with Gasteiger partial charge in [0.15, 0.2) is 0 Å². The van der Waals surface area contributed by atoms with E-state index in [2.05, 4.69) is 20.1 Å². The number of carbonyl (C=O) groups is 1. The number of sulfonamides is 1. The molecule has 1 aromatic heterocycles. The Balaban J connectivity index is 1.65. The van der Waals surface area contributed by atoms with Gasteiger partial charge in [0.1, 0.15) is 11.6 Å². The van der Waals surface area contributed by atoms with Crippen LogP contribution in [0.5, 0.6) is 0 Å². The van der Waals surface area contributed by atoms with Crippen LogP contribution in [0, 0.1) is 0 Å². The maximum atomic E-state index is 12.2. The number of nitrogens with zero attached hydrogens (tertiary/aromatic N) is 5. The molecule has 0 aliphatic carbocycles. The largest absolute Gasteiger partial charge is 0.338 e. The van der Waals surface area contributed by atoms with E-state index in [0.717, 1.165) is 30.9 Å². The van der Waals surface area contributed by atoms with E-state index in [1.807, 2.05) is 11.8 Å². The van der Waals surface area contributed by atoms with Gasteiger partial charge in [-0.1, -0.05) is 6.92 Å². The summed E-state index contributed by atoms with van der Waals surface area (Å²) in [7, 11) is -3.13. The molecule has 0 radical (unpaired) electrons. The second-order valence-electron chi connectivity index (χ2n) is 7.03. The molecule has 3 rings (SSSR count). The Hall–Kier alpha value is -1.68. The molecular weight excluding hydrogens is 356 g/mol. The van der Waals surface area contributed by atoms with Crippen molar-refractivity contribution in [3.05, 3.63) is 11.6 Å². The van der Waals surface area contributed by atoms with Crippen LogP contribution in [0.4, 0.5) is 4.79 Å². The Labute approximate surface area is 154 Å².